The van der Waals surface area contributed by atoms with E-state index >= 15 is 0 Å². The summed E-state index contributed by atoms with van der Waals surface area (Å²) in [6.07, 6.45) is 1.91. The number of halogens is 3. The maximum absolute atomic E-state index is 14.0. The topological polar surface area (TPSA) is 24.1 Å². The molecule has 3 aromatic carbocycles. The van der Waals surface area contributed by atoms with Gasteiger partial charge in [-0.05, 0) is 0 Å². The van der Waals surface area contributed by atoms with Gasteiger partial charge in [-0.1, -0.05) is 0 Å². The molecular formula is C30H38F2IN2-. The van der Waals surface area contributed by atoms with E-state index in [4.69, 9.17) is 0 Å². The standard InChI is InChI=1S/C30H38F2IN2/c1-4-33(15-16-34-21-24-7-13-30(14-8-24)35-22(2)3)20-25-9-12-28(32)18-26(25)19-29(33)17-23-5-10-27(31)11-6-23/h5-14,18,22,29,34-35H,4,15-17,19-21H2,1-3H3/q-1. The molecule has 0 saturated carbocycles. The molecule has 0 fully saturated rings. The molecule has 0 amide bonds. The van der Waals surface area contributed by atoms with Crippen molar-refractivity contribution in [1.82, 2.24) is 5.32 Å². The molecule has 0 saturated heterocycles. The molecule has 1 aliphatic rings. The van der Waals surface area contributed by atoms with Gasteiger partial charge >= 0.3 is 214 Å². The summed E-state index contributed by atoms with van der Waals surface area (Å²) in [5.41, 5.74) is 6.18. The molecule has 0 bridgehead atoms. The normalized spacial score (nSPS) is 21.4. The second-order valence-corrected chi connectivity index (χ2v) is 20.8. The van der Waals surface area contributed by atoms with Gasteiger partial charge < -0.3 is 0 Å². The first-order valence-corrected chi connectivity index (χ1v) is 18.4. The Morgan fingerprint density at radius 1 is 0.886 bits per heavy atom. The van der Waals surface area contributed by atoms with Crippen molar-refractivity contribution in [1.29, 1.82) is 0 Å². The van der Waals surface area contributed by atoms with Crippen molar-refractivity contribution in [2.45, 2.75) is 54.6 Å². The zero-order valence-corrected chi connectivity index (χ0v) is 23.2. The first kappa shape index (κ1) is 26.1. The van der Waals surface area contributed by atoms with E-state index in [0.717, 1.165) is 36.0 Å². The predicted molar refractivity (Wildman–Crippen MR) is 140 cm³/mol. The summed E-state index contributed by atoms with van der Waals surface area (Å²) >= 11 is -2.25. The van der Waals surface area contributed by atoms with Gasteiger partial charge in [0.25, 0.3) is 0 Å². The summed E-state index contributed by atoms with van der Waals surface area (Å²) in [7, 11) is 0. The van der Waals surface area contributed by atoms with Crippen molar-refractivity contribution in [3.63, 3.8) is 0 Å². The van der Waals surface area contributed by atoms with Gasteiger partial charge in [-0.3, -0.25) is 0 Å². The van der Waals surface area contributed by atoms with Crippen LogP contribution in [0.2, 0.25) is 0 Å². The third kappa shape index (κ3) is 6.82. The monoisotopic (exact) mass is 591 g/mol. The van der Waals surface area contributed by atoms with Crippen molar-refractivity contribution >= 4 is 5.69 Å². The van der Waals surface area contributed by atoms with Crippen LogP contribution in [0.25, 0.3) is 0 Å². The van der Waals surface area contributed by atoms with Crippen LogP contribution in [0.3, 0.4) is 0 Å². The van der Waals surface area contributed by atoms with E-state index in [-0.39, 0.29) is 11.6 Å². The van der Waals surface area contributed by atoms with E-state index in [0.29, 0.717) is 9.97 Å². The van der Waals surface area contributed by atoms with Crippen molar-refractivity contribution in [2.24, 2.45) is 0 Å². The van der Waals surface area contributed by atoms with Gasteiger partial charge in [-0.25, -0.2) is 0 Å². The average Bonchev–Trinajstić information content (AvgIpc) is 2.84. The number of alkyl halides is 4. The number of anilines is 1. The molecule has 4 rings (SSSR count). The Balaban J connectivity index is 1.45. The van der Waals surface area contributed by atoms with Crippen LogP contribution in [0.15, 0.2) is 66.7 Å². The Morgan fingerprint density at radius 2 is 1.57 bits per heavy atom. The number of rotatable bonds is 10. The second-order valence-electron chi connectivity index (χ2n) is 9.84. The Hall–Kier alpha value is -1.99. The fourth-order valence-corrected chi connectivity index (χ4v) is 16.2. The number of nitrogens with one attached hydrogen (secondary N) is 2. The van der Waals surface area contributed by atoms with Crippen LogP contribution >= 0.6 is 0 Å². The second kappa shape index (κ2) is 11.8. The molecule has 3 aromatic rings. The molecule has 0 aliphatic carbocycles. The Bertz CT molecular complexity index is 1100. The molecule has 1 heterocycles. The molecule has 2 nitrogen and oxygen atoms in total. The molecule has 0 radical (unpaired) electrons. The number of fused-ring (bicyclic) bond motifs is 1. The molecule has 2 N–H and O–H groups in total. The fourth-order valence-electron chi connectivity index (χ4n) is 5.03. The van der Waals surface area contributed by atoms with E-state index in [1.165, 1.54) is 31.1 Å². The van der Waals surface area contributed by atoms with Crippen molar-refractivity contribution in [3.8, 4) is 0 Å². The first-order chi connectivity index (χ1) is 16.9. The number of hydrogen-bond acceptors (Lipinski definition) is 2. The minimum atomic E-state index is -2.25. The van der Waals surface area contributed by atoms with E-state index in [2.05, 4.69) is 55.7 Å². The first-order valence-electron chi connectivity index (χ1n) is 12.6. The van der Waals surface area contributed by atoms with Crippen LogP contribution in [0.5, 0.6) is 0 Å². The van der Waals surface area contributed by atoms with E-state index in [9.17, 15) is 8.78 Å². The molecule has 0 spiro atoms. The Kier molecular flexibility index (Phi) is 8.82. The van der Waals surface area contributed by atoms with E-state index in [1.807, 2.05) is 18.2 Å². The average molecular weight is 592 g/mol. The molecule has 190 valence electrons. The maximum atomic E-state index is 14.0. The van der Waals surface area contributed by atoms with Crippen LogP contribution in [0.4, 0.5) is 14.5 Å². The van der Waals surface area contributed by atoms with Gasteiger partial charge in [0.2, 0.25) is 0 Å². The van der Waals surface area contributed by atoms with Crippen LogP contribution < -0.4 is 29.1 Å². The van der Waals surface area contributed by atoms with E-state index < -0.39 is 18.4 Å². The molecule has 2 atom stereocenters. The van der Waals surface area contributed by atoms with E-state index in [1.54, 1.807) is 24.3 Å². The predicted octanol–water partition coefficient (Wildman–Crippen LogP) is 3.42. The zero-order valence-electron chi connectivity index (χ0n) is 21.1. The molecule has 0 aromatic heterocycles. The van der Waals surface area contributed by atoms with Crippen LogP contribution in [-0.2, 0) is 23.8 Å². The summed E-state index contributed by atoms with van der Waals surface area (Å²) in [5.74, 6) is -0.333. The Morgan fingerprint density at radius 3 is 2.26 bits per heavy atom. The fraction of sp³-hybridized carbons (Fsp3) is 0.400. The zero-order chi connectivity index (χ0) is 24.8. The quantitative estimate of drug-likeness (QED) is 0.215. The van der Waals surface area contributed by atoms with Gasteiger partial charge in [0.05, 0.1) is 0 Å². The molecule has 35 heavy (non-hydrogen) atoms. The Labute approximate surface area is 213 Å². The van der Waals surface area contributed by atoms with Gasteiger partial charge in [0, 0.05) is 0 Å². The molecule has 5 heteroatoms. The molecular weight excluding hydrogens is 553 g/mol. The third-order valence-corrected chi connectivity index (χ3v) is 19.6. The van der Waals surface area contributed by atoms with Crippen LogP contribution in [-0.4, -0.2) is 25.4 Å². The SMILES string of the molecule is CC[I-]1(CCNCc2ccc(NC(C)C)cc2)Cc2ccc(F)cc2CC1Cc1ccc(F)cc1. The third-order valence-electron chi connectivity index (χ3n) is 6.96. The number of benzene rings is 3. The van der Waals surface area contributed by atoms with Crippen LogP contribution in [0, 0.1) is 11.6 Å². The van der Waals surface area contributed by atoms with Gasteiger partial charge in [0.15, 0.2) is 0 Å². The van der Waals surface area contributed by atoms with Crippen molar-refractivity contribution in [3.05, 3.63) is 101 Å². The summed E-state index contributed by atoms with van der Waals surface area (Å²) in [6.45, 7) is 8.53. The molecule has 2 unspecified atom stereocenters. The van der Waals surface area contributed by atoms with Gasteiger partial charge in [-0.15, -0.1) is 0 Å². The van der Waals surface area contributed by atoms with Gasteiger partial charge in [-0.2, -0.15) is 0 Å². The number of hydrogen-bond donors (Lipinski definition) is 2. The summed E-state index contributed by atoms with van der Waals surface area (Å²) in [4.78, 5) is 0. The summed E-state index contributed by atoms with van der Waals surface area (Å²) in [6, 6.07) is 21.5. The van der Waals surface area contributed by atoms with Gasteiger partial charge in [0.1, 0.15) is 0 Å². The molecule has 1 aliphatic heterocycles. The van der Waals surface area contributed by atoms with Crippen LogP contribution in [0.1, 0.15) is 43.0 Å². The summed E-state index contributed by atoms with van der Waals surface area (Å²) < 4.78 is 31.7. The van der Waals surface area contributed by atoms with Crippen molar-refractivity contribution < 1.29 is 27.2 Å². The van der Waals surface area contributed by atoms with Crippen molar-refractivity contribution in [2.75, 3.05) is 20.7 Å². The summed E-state index contributed by atoms with van der Waals surface area (Å²) in [5, 5.41) is 7.15. The minimum absolute atomic E-state index is 0.142.